The van der Waals surface area contributed by atoms with Crippen molar-refractivity contribution in [3.8, 4) is 0 Å². The molecule has 0 bridgehead atoms. The van der Waals surface area contributed by atoms with Gasteiger partial charge in [-0.25, -0.2) is 9.78 Å². The molecule has 0 aliphatic carbocycles. The molecular formula is C18H38O2. The molecule has 0 spiro atoms. The molecule has 122 valence electrons. The third-order valence-electron chi connectivity index (χ3n) is 3.30. The van der Waals surface area contributed by atoms with Crippen LogP contribution in [0.15, 0.2) is 0 Å². The van der Waals surface area contributed by atoms with E-state index in [2.05, 4.69) is 48.5 Å². The molecule has 0 aliphatic heterocycles. The van der Waals surface area contributed by atoms with Crippen LogP contribution in [0.2, 0.25) is 0 Å². The van der Waals surface area contributed by atoms with Crippen LogP contribution < -0.4 is 0 Å². The summed E-state index contributed by atoms with van der Waals surface area (Å²) in [6.07, 6.45) is 7.47. The Hall–Kier alpha value is -0.0800. The lowest BCUT2D eigenvalue weighted by atomic mass is 9.86. The van der Waals surface area contributed by atoms with E-state index in [1.165, 1.54) is 32.1 Å². The summed E-state index contributed by atoms with van der Waals surface area (Å²) < 4.78 is 0. The molecule has 2 heteroatoms. The van der Waals surface area contributed by atoms with Crippen LogP contribution in [0.25, 0.3) is 0 Å². The van der Waals surface area contributed by atoms with E-state index < -0.39 is 0 Å². The Kier molecular flexibility index (Phi) is 9.74. The van der Waals surface area contributed by atoms with Gasteiger partial charge >= 0.3 is 0 Å². The van der Waals surface area contributed by atoms with Gasteiger partial charge in [-0.2, -0.15) is 0 Å². The van der Waals surface area contributed by atoms with Crippen LogP contribution in [0.5, 0.6) is 0 Å². The number of rotatable bonds is 10. The topological polar surface area (TPSA) is 18.5 Å². The lowest BCUT2D eigenvalue weighted by Gasteiger charge is -2.22. The van der Waals surface area contributed by atoms with Crippen LogP contribution in [0.4, 0.5) is 0 Å². The second-order valence-corrected chi connectivity index (χ2v) is 8.70. The first kappa shape index (κ1) is 19.9. The van der Waals surface area contributed by atoms with E-state index in [4.69, 9.17) is 9.78 Å². The van der Waals surface area contributed by atoms with Gasteiger partial charge in [0.15, 0.2) is 0 Å². The molecule has 0 aromatic rings. The van der Waals surface area contributed by atoms with E-state index in [9.17, 15) is 0 Å². The van der Waals surface area contributed by atoms with E-state index >= 15 is 0 Å². The summed E-state index contributed by atoms with van der Waals surface area (Å²) in [6.45, 7) is 17.4. The third-order valence-corrected chi connectivity index (χ3v) is 3.30. The highest BCUT2D eigenvalue weighted by molar-refractivity contribution is 4.65. The van der Waals surface area contributed by atoms with Crippen molar-refractivity contribution in [1.82, 2.24) is 0 Å². The minimum atomic E-state index is 0.371. The van der Waals surface area contributed by atoms with Crippen LogP contribution in [0, 0.1) is 16.7 Å². The Morgan fingerprint density at radius 3 is 1.90 bits per heavy atom. The minimum Gasteiger partial charge on any atom is -0.237 e. The molecule has 0 saturated heterocycles. The molecule has 20 heavy (non-hydrogen) atoms. The molecule has 1 atom stereocenters. The summed E-state index contributed by atoms with van der Waals surface area (Å²) in [5.74, 6) is 0.557. The molecule has 0 N–H and O–H groups in total. The molecule has 2 nitrogen and oxygen atoms in total. The molecular weight excluding hydrogens is 248 g/mol. The molecule has 0 heterocycles. The summed E-state index contributed by atoms with van der Waals surface area (Å²) in [6, 6.07) is 0. The Balaban J connectivity index is 3.29. The van der Waals surface area contributed by atoms with Crippen LogP contribution in [-0.2, 0) is 9.78 Å². The fourth-order valence-corrected chi connectivity index (χ4v) is 2.50. The van der Waals surface area contributed by atoms with Crippen molar-refractivity contribution in [3.05, 3.63) is 0 Å². The summed E-state index contributed by atoms with van der Waals surface area (Å²) in [5.41, 5.74) is 0.846. The van der Waals surface area contributed by atoms with Crippen molar-refractivity contribution >= 4 is 0 Å². The SMILES string of the molecule is CC(COOCCCCCCC(C)(C)C)CC(C)(C)C. The molecule has 0 aromatic heterocycles. The quantitative estimate of drug-likeness (QED) is 0.278. The monoisotopic (exact) mass is 286 g/mol. The maximum absolute atomic E-state index is 5.30. The zero-order valence-electron chi connectivity index (χ0n) is 15.1. The maximum atomic E-state index is 5.30. The molecule has 0 rings (SSSR count). The van der Waals surface area contributed by atoms with Crippen molar-refractivity contribution < 1.29 is 9.78 Å². The van der Waals surface area contributed by atoms with Gasteiger partial charge < -0.3 is 0 Å². The second kappa shape index (κ2) is 9.78. The summed E-state index contributed by atoms with van der Waals surface area (Å²) in [5, 5.41) is 0. The lowest BCUT2D eigenvalue weighted by Crippen LogP contribution is -2.15. The van der Waals surface area contributed by atoms with Gasteiger partial charge in [-0.3, -0.25) is 0 Å². The van der Waals surface area contributed by atoms with Crippen molar-refractivity contribution in [2.75, 3.05) is 13.2 Å². The summed E-state index contributed by atoms with van der Waals surface area (Å²) >= 11 is 0. The normalized spacial score (nSPS) is 14.6. The van der Waals surface area contributed by atoms with Crippen molar-refractivity contribution in [2.45, 2.75) is 87.0 Å². The van der Waals surface area contributed by atoms with E-state index in [1.54, 1.807) is 0 Å². The van der Waals surface area contributed by atoms with Gasteiger partial charge in [0.25, 0.3) is 0 Å². The van der Waals surface area contributed by atoms with E-state index in [-0.39, 0.29) is 0 Å². The van der Waals surface area contributed by atoms with Crippen molar-refractivity contribution in [3.63, 3.8) is 0 Å². The molecule has 0 amide bonds. The number of unbranched alkanes of at least 4 members (excludes halogenated alkanes) is 3. The largest absolute Gasteiger partial charge is 0.237 e. The Morgan fingerprint density at radius 2 is 1.35 bits per heavy atom. The fraction of sp³-hybridized carbons (Fsp3) is 1.00. The van der Waals surface area contributed by atoms with Crippen LogP contribution >= 0.6 is 0 Å². The van der Waals surface area contributed by atoms with Crippen LogP contribution in [0.1, 0.15) is 87.0 Å². The predicted molar refractivity (Wildman–Crippen MR) is 87.7 cm³/mol. The Labute approximate surface area is 127 Å². The summed E-state index contributed by atoms with van der Waals surface area (Å²) in [7, 11) is 0. The molecule has 0 aliphatic rings. The first-order chi connectivity index (χ1) is 9.10. The van der Waals surface area contributed by atoms with Crippen molar-refractivity contribution in [1.29, 1.82) is 0 Å². The van der Waals surface area contributed by atoms with Gasteiger partial charge in [0, 0.05) is 0 Å². The average Bonchev–Trinajstić information content (AvgIpc) is 2.22. The molecule has 0 aromatic carbocycles. The van der Waals surface area contributed by atoms with Gasteiger partial charge in [-0.1, -0.05) is 67.7 Å². The highest BCUT2D eigenvalue weighted by atomic mass is 17.2. The average molecular weight is 286 g/mol. The molecule has 0 radical (unpaired) electrons. The predicted octanol–water partition coefficient (Wildman–Crippen LogP) is 6.00. The third kappa shape index (κ3) is 16.0. The molecule has 0 saturated carbocycles. The first-order valence-corrected chi connectivity index (χ1v) is 8.34. The number of hydrogen-bond acceptors (Lipinski definition) is 2. The summed E-state index contributed by atoms with van der Waals surface area (Å²) in [4.78, 5) is 10.6. The highest BCUT2D eigenvalue weighted by Crippen LogP contribution is 2.24. The fourth-order valence-electron chi connectivity index (χ4n) is 2.50. The van der Waals surface area contributed by atoms with E-state index in [0.29, 0.717) is 23.4 Å². The maximum Gasteiger partial charge on any atom is 0.0848 e. The smallest absolute Gasteiger partial charge is 0.0848 e. The van der Waals surface area contributed by atoms with Gasteiger partial charge in [-0.15, -0.1) is 0 Å². The zero-order valence-corrected chi connectivity index (χ0v) is 15.1. The number of hydrogen-bond donors (Lipinski definition) is 0. The minimum absolute atomic E-state index is 0.371. The molecule has 0 fully saturated rings. The zero-order chi connectivity index (χ0) is 15.6. The Morgan fingerprint density at radius 1 is 0.750 bits per heavy atom. The molecule has 1 unspecified atom stereocenters. The first-order valence-electron chi connectivity index (χ1n) is 8.34. The standard InChI is InChI=1S/C18H38O2/c1-16(14-18(5,6)7)15-20-19-13-11-9-8-10-12-17(2,3)4/h16H,8-15H2,1-7H3. The van der Waals surface area contributed by atoms with Crippen molar-refractivity contribution in [2.24, 2.45) is 16.7 Å². The van der Waals surface area contributed by atoms with Crippen LogP contribution in [-0.4, -0.2) is 13.2 Å². The van der Waals surface area contributed by atoms with Gasteiger partial charge in [0.05, 0.1) is 13.2 Å². The second-order valence-electron chi connectivity index (χ2n) is 8.70. The van der Waals surface area contributed by atoms with Gasteiger partial charge in [-0.05, 0) is 36.0 Å². The van der Waals surface area contributed by atoms with Gasteiger partial charge in [0.1, 0.15) is 0 Å². The van der Waals surface area contributed by atoms with E-state index in [1.807, 2.05) is 0 Å². The lowest BCUT2D eigenvalue weighted by molar-refractivity contribution is -0.301. The Bertz CT molecular complexity index is 223. The van der Waals surface area contributed by atoms with E-state index in [0.717, 1.165) is 13.0 Å². The van der Waals surface area contributed by atoms with Crippen LogP contribution in [0.3, 0.4) is 0 Å². The highest BCUT2D eigenvalue weighted by Gasteiger charge is 2.15. The van der Waals surface area contributed by atoms with Gasteiger partial charge in [0.2, 0.25) is 0 Å².